The zero-order chi connectivity index (χ0) is 13.7. The zero-order valence-corrected chi connectivity index (χ0v) is 10.6. The van der Waals surface area contributed by atoms with Gasteiger partial charge in [-0.05, 0) is 5.92 Å². The summed E-state index contributed by atoms with van der Waals surface area (Å²) in [5, 5.41) is 23.2. The third-order valence-corrected chi connectivity index (χ3v) is 2.50. The number of hydrogen-bond acceptors (Lipinski definition) is 6. The molecule has 7 nitrogen and oxygen atoms in total. The molecular weight excluding hydrogens is 238 g/mol. The van der Waals surface area contributed by atoms with Crippen LogP contribution < -0.4 is 10.1 Å². The Balaban J connectivity index is 2.87. The summed E-state index contributed by atoms with van der Waals surface area (Å²) in [6, 6.07) is 2.73. The number of rotatable bonds is 6. The van der Waals surface area contributed by atoms with Crippen molar-refractivity contribution < 1.29 is 14.8 Å². The molecule has 0 spiro atoms. The zero-order valence-electron chi connectivity index (χ0n) is 10.6. The Labute approximate surface area is 105 Å². The Morgan fingerprint density at radius 2 is 2.22 bits per heavy atom. The molecule has 0 fully saturated rings. The molecular formula is C11H17N3O4. The molecule has 100 valence electrons. The minimum absolute atomic E-state index is 0.0576. The standard InChI is InChI=1S/C11H17N3O4/c1-7(2)9(15)6-12-11-8(14(16)17)4-5-10(13-11)18-3/h4-5,7,9,15H,6H2,1-3H3,(H,12,13). The average molecular weight is 255 g/mol. The van der Waals surface area contributed by atoms with E-state index in [-0.39, 0.29) is 29.8 Å². The van der Waals surface area contributed by atoms with Gasteiger partial charge in [0.1, 0.15) is 0 Å². The van der Waals surface area contributed by atoms with E-state index in [2.05, 4.69) is 10.3 Å². The van der Waals surface area contributed by atoms with Crippen LogP contribution in [0.4, 0.5) is 11.5 Å². The Bertz CT molecular complexity index is 423. The maximum Gasteiger partial charge on any atom is 0.311 e. The molecule has 18 heavy (non-hydrogen) atoms. The number of aliphatic hydroxyl groups is 1. The van der Waals surface area contributed by atoms with E-state index in [0.717, 1.165) is 0 Å². The van der Waals surface area contributed by atoms with Crippen LogP contribution in [0.1, 0.15) is 13.8 Å². The minimum Gasteiger partial charge on any atom is -0.481 e. The van der Waals surface area contributed by atoms with Gasteiger partial charge in [-0.1, -0.05) is 13.8 Å². The fourth-order valence-electron chi connectivity index (χ4n) is 1.26. The second kappa shape index (κ2) is 6.15. The maximum atomic E-state index is 10.8. The predicted molar refractivity (Wildman–Crippen MR) is 66.8 cm³/mol. The first-order valence-corrected chi connectivity index (χ1v) is 5.57. The molecule has 0 aliphatic heterocycles. The number of aromatic nitrogens is 1. The molecule has 0 aliphatic rings. The summed E-state index contributed by atoms with van der Waals surface area (Å²) in [4.78, 5) is 14.2. The summed E-state index contributed by atoms with van der Waals surface area (Å²) < 4.78 is 4.91. The van der Waals surface area contributed by atoms with E-state index in [0.29, 0.717) is 0 Å². The molecule has 0 amide bonds. The lowest BCUT2D eigenvalue weighted by atomic mass is 10.1. The Morgan fingerprint density at radius 3 is 2.72 bits per heavy atom. The second-order valence-electron chi connectivity index (χ2n) is 4.17. The van der Waals surface area contributed by atoms with Gasteiger partial charge in [0, 0.05) is 18.7 Å². The van der Waals surface area contributed by atoms with Gasteiger partial charge in [-0.2, -0.15) is 4.98 Å². The molecule has 0 bridgehead atoms. The molecule has 1 atom stereocenters. The van der Waals surface area contributed by atoms with Gasteiger partial charge in [0.15, 0.2) is 0 Å². The van der Waals surface area contributed by atoms with Gasteiger partial charge in [-0.25, -0.2) is 0 Å². The van der Waals surface area contributed by atoms with Gasteiger partial charge in [-0.3, -0.25) is 10.1 Å². The molecule has 1 aromatic heterocycles. The summed E-state index contributed by atoms with van der Waals surface area (Å²) >= 11 is 0. The molecule has 7 heteroatoms. The van der Waals surface area contributed by atoms with Crippen LogP contribution in [0.2, 0.25) is 0 Å². The van der Waals surface area contributed by atoms with Crippen LogP contribution in [0, 0.1) is 16.0 Å². The highest BCUT2D eigenvalue weighted by Crippen LogP contribution is 2.24. The summed E-state index contributed by atoms with van der Waals surface area (Å²) in [6.07, 6.45) is -0.599. The predicted octanol–water partition coefficient (Wildman–Crippen LogP) is 1.43. The van der Waals surface area contributed by atoms with Crippen molar-refractivity contribution >= 4 is 11.5 Å². The second-order valence-corrected chi connectivity index (χ2v) is 4.17. The minimum atomic E-state index is -0.599. The number of hydrogen-bond donors (Lipinski definition) is 2. The van der Waals surface area contributed by atoms with Crippen molar-refractivity contribution in [2.24, 2.45) is 5.92 Å². The smallest absolute Gasteiger partial charge is 0.311 e. The summed E-state index contributed by atoms with van der Waals surface area (Å²) in [5.74, 6) is 0.434. The van der Waals surface area contributed by atoms with Crippen molar-refractivity contribution in [2.75, 3.05) is 19.0 Å². The van der Waals surface area contributed by atoms with E-state index in [1.807, 2.05) is 13.8 Å². The van der Waals surface area contributed by atoms with E-state index in [1.165, 1.54) is 19.2 Å². The van der Waals surface area contributed by atoms with Crippen LogP contribution in [0.5, 0.6) is 5.88 Å². The molecule has 1 rings (SSSR count). The lowest BCUT2D eigenvalue weighted by Gasteiger charge is -2.15. The van der Waals surface area contributed by atoms with Crippen LogP contribution in [0.3, 0.4) is 0 Å². The number of ether oxygens (including phenoxy) is 1. The first kappa shape index (κ1) is 14.2. The van der Waals surface area contributed by atoms with Crippen molar-refractivity contribution in [1.82, 2.24) is 4.98 Å². The number of methoxy groups -OCH3 is 1. The third kappa shape index (κ3) is 3.56. The largest absolute Gasteiger partial charge is 0.481 e. The first-order chi connectivity index (χ1) is 8.45. The summed E-state index contributed by atoms with van der Waals surface area (Å²) in [5.41, 5.74) is -0.147. The van der Waals surface area contributed by atoms with Gasteiger partial charge in [0.05, 0.1) is 18.1 Å². The monoisotopic (exact) mass is 255 g/mol. The number of nitro groups is 1. The number of nitrogens with one attached hydrogen (secondary N) is 1. The van der Waals surface area contributed by atoms with Gasteiger partial charge < -0.3 is 15.2 Å². The molecule has 0 aromatic carbocycles. The van der Waals surface area contributed by atoms with Crippen molar-refractivity contribution in [3.8, 4) is 5.88 Å². The first-order valence-electron chi connectivity index (χ1n) is 5.57. The topological polar surface area (TPSA) is 97.5 Å². The van der Waals surface area contributed by atoms with Crippen LogP contribution in [-0.2, 0) is 0 Å². The molecule has 0 radical (unpaired) electrons. The summed E-state index contributed by atoms with van der Waals surface area (Å²) in [7, 11) is 1.43. The molecule has 1 unspecified atom stereocenters. The SMILES string of the molecule is COc1ccc([N+](=O)[O-])c(NCC(O)C(C)C)n1. The lowest BCUT2D eigenvalue weighted by molar-refractivity contribution is -0.384. The highest BCUT2D eigenvalue weighted by atomic mass is 16.6. The van der Waals surface area contributed by atoms with Crippen molar-refractivity contribution in [2.45, 2.75) is 20.0 Å². The van der Waals surface area contributed by atoms with E-state index < -0.39 is 11.0 Å². The van der Waals surface area contributed by atoms with Crippen LogP contribution >= 0.6 is 0 Å². The van der Waals surface area contributed by atoms with Gasteiger partial charge in [0.2, 0.25) is 11.7 Å². The molecule has 1 aromatic rings. The maximum absolute atomic E-state index is 10.8. The van der Waals surface area contributed by atoms with E-state index in [9.17, 15) is 15.2 Å². The number of anilines is 1. The molecule has 0 saturated carbocycles. The van der Waals surface area contributed by atoms with Gasteiger partial charge in [0.25, 0.3) is 0 Å². The summed E-state index contributed by atoms with van der Waals surface area (Å²) in [6.45, 7) is 3.91. The van der Waals surface area contributed by atoms with Crippen molar-refractivity contribution in [3.63, 3.8) is 0 Å². The number of pyridine rings is 1. The van der Waals surface area contributed by atoms with Crippen molar-refractivity contribution in [3.05, 3.63) is 22.2 Å². The lowest BCUT2D eigenvalue weighted by Crippen LogP contribution is -2.25. The van der Waals surface area contributed by atoms with Crippen LogP contribution in [0.15, 0.2) is 12.1 Å². The molecule has 1 heterocycles. The van der Waals surface area contributed by atoms with Crippen LogP contribution in [0.25, 0.3) is 0 Å². The quantitative estimate of drug-likeness (QED) is 0.589. The molecule has 2 N–H and O–H groups in total. The number of aliphatic hydroxyl groups excluding tert-OH is 1. The van der Waals surface area contributed by atoms with Gasteiger partial charge in [-0.15, -0.1) is 0 Å². The van der Waals surface area contributed by atoms with Crippen LogP contribution in [-0.4, -0.2) is 34.8 Å². The van der Waals surface area contributed by atoms with Gasteiger partial charge >= 0.3 is 5.69 Å². The normalized spacial score (nSPS) is 12.3. The van der Waals surface area contributed by atoms with Crippen molar-refractivity contribution in [1.29, 1.82) is 0 Å². The fraction of sp³-hybridized carbons (Fsp3) is 0.545. The molecule has 0 saturated heterocycles. The van der Waals surface area contributed by atoms with E-state index in [4.69, 9.17) is 4.74 Å². The highest BCUT2D eigenvalue weighted by molar-refractivity contribution is 5.57. The Hall–Kier alpha value is -1.89. The Kier molecular flexibility index (Phi) is 4.85. The van der Waals surface area contributed by atoms with E-state index >= 15 is 0 Å². The highest BCUT2D eigenvalue weighted by Gasteiger charge is 2.18. The Morgan fingerprint density at radius 1 is 1.56 bits per heavy atom. The molecule has 0 aliphatic carbocycles. The average Bonchev–Trinajstić information content (AvgIpc) is 2.34. The fourth-order valence-corrected chi connectivity index (χ4v) is 1.26. The third-order valence-electron chi connectivity index (χ3n) is 2.50. The number of nitrogens with zero attached hydrogens (tertiary/aromatic N) is 2. The van der Waals surface area contributed by atoms with E-state index in [1.54, 1.807) is 0 Å².